The van der Waals surface area contributed by atoms with Crippen LogP contribution in [0.15, 0.2) is 4.99 Å². The number of hydrogen-bond acceptors (Lipinski definition) is 2. The van der Waals surface area contributed by atoms with Crippen molar-refractivity contribution in [2.24, 2.45) is 4.99 Å². The SMILES string of the molecule is O=C=NC(=O)C(Cl)(Cl)CCl. The Hall–Kier alpha value is -0.0800. The molecule has 10 heavy (non-hydrogen) atoms. The number of carbonyl (C=O) groups is 1. The van der Waals surface area contributed by atoms with Crippen molar-refractivity contribution in [1.82, 2.24) is 0 Å². The maximum Gasteiger partial charge on any atom is 0.294 e. The Morgan fingerprint density at radius 1 is 1.60 bits per heavy atom. The van der Waals surface area contributed by atoms with Crippen LogP contribution in [0.3, 0.4) is 0 Å². The lowest BCUT2D eigenvalue weighted by Crippen LogP contribution is -2.25. The Labute approximate surface area is 72.0 Å². The van der Waals surface area contributed by atoms with Gasteiger partial charge in [-0.05, 0) is 0 Å². The smallest absolute Gasteiger partial charge is 0.268 e. The molecule has 1 amide bonds. The third-order valence-electron chi connectivity index (χ3n) is 0.628. The number of rotatable bonds is 2. The van der Waals surface area contributed by atoms with Crippen molar-refractivity contribution in [3.63, 3.8) is 0 Å². The van der Waals surface area contributed by atoms with E-state index in [0.717, 1.165) is 6.08 Å². The number of hydrogen-bond donors (Lipinski definition) is 0. The number of aliphatic imine (C=N–C) groups is 1. The van der Waals surface area contributed by atoms with Crippen LogP contribution in [0.1, 0.15) is 0 Å². The van der Waals surface area contributed by atoms with Crippen LogP contribution in [0.2, 0.25) is 0 Å². The molecule has 0 N–H and O–H groups in total. The first-order valence-corrected chi connectivity index (χ1v) is 3.39. The van der Waals surface area contributed by atoms with Gasteiger partial charge in [-0.3, -0.25) is 4.79 Å². The van der Waals surface area contributed by atoms with E-state index in [-0.39, 0.29) is 5.88 Å². The van der Waals surface area contributed by atoms with Crippen LogP contribution in [0, 0.1) is 0 Å². The minimum absolute atomic E-state index is 0.319. The van der Waals surface area contributed by atoms with Gasteiger partial charge in [0.05, 0.1) is 5.88 Å². The van der Waals surface area contributed by atoms with Gasteiger partial charge in [0.15, 0.2) is 0 Å². The maximum atomic E-state index is 10.5. The molecule has 0 radical (unpaired) electrons. The van der Waals surface area contributed by atoms with E-state index in [1.807, 2.05) is 0 Å². The first-order chi connectivity index (χ1) is 4.54. The molecule has 0 bridgehead atoms. The molecule has 0 unspecified atom stereocenters. The van der Waals surface area contributed by atoms with Gasteiger partial charge in [0.2, 0.25) is 10.4 Å². The summed E-state index contributed by atoms with van der Waals surface area (Å²) in [4.78, 5) is 22.7. The zero-order valence-electron chi connectivity index (χ0n) is 4.60. The van der Waals surface area contributed by atoms with Gasteiger partial charge in [-0.2, -0.15) is 0 Å². The first kappa shape index (κ1) is 9.92. The minimum Gasteiger partial charge on any atom is -0.268 e. The summed E-state index contributed by atoms with van der Waals surface area (Å²) < 4.78 is -1.81. The number of halogens is 3. The molecule has 0 aromatic heterocycles. The van der Waals surface area contributed by atoms with Crippen LogP contribution in [0.5, 0.6) is 0 Å². The fourth-order valence-corrected chi connectivity index (χ4v) is 0.379. The van der Waals surface area contributed by atoms with E-state index < -0.39 is 10.2 Å². The second kappa shape index (κ2) is 3.94. The Kier molecular flexibility index (Phi) is 3.91. The van der Waals surface area contributed by atoms with E-state index in [1.54, 1.807) is 0 Å². The molecular formula is C4H2Cl3NO2. The van der Waals surface area contributed by atoms with Gasteiger partial charge in [-0.1, -0.05) is 23.2 Å². The summed E-state index contributed by atoms with van der Waals surface area (Å²) in [5, 5.41) is 0. The van der Waals surface area contributed by atoms with E-state index in [1.165, 1.54) is 0 Å². The van der Waals surface area contributed by atoms with E-state index in [0.29, 0.717) is 0 Å². The number of alkyl halides is 3. The maximum absolute atomic E-state index is 10.5. The summed E-state index contributed by atoms with van der Waals surface area (Å²) >= 11 is 15.7. The molecule has 0 aromatic rings. The summed E-state index contributed by atoms with van der Waals surface area (Å²) in [7, 11) is 0. The molecule has 0 aliphatic heterocycles. The molecule has 56 valence electrons. The molecule has 0 saturated carbocycles. The summed E-state index contributed by atoms with van der Waals surface area (Å²) in [6.45, 7) is 0. The molecule has 0 fully saturated rings. The topological polar surface area (TPSA) is 46.5 Å². The Bertz CT molecular complexity index is 185. The fraction of sp³-hybridized carbons (Fsp3) is 0.500. The standard InChI is InChI=1S/C4H2Cl3NO2/c5-1-4(6,7)3(10)8-2-9/h1H2. The second-order valence-corrected chi connectivity index (χ2v) is 3.10. The normalized spacial score (nSPS) is 10.3. The summed E-state index contributed by atoms with van der Waals surface area (Å²) in [5.41, 5.74) is 0. The lowest BCUT2D eigenvalue weighted by molar-refractivity contribution is -0.118. The predicted molar refractivity (Wildman–Crippen MR) is 38.3 cm³/mol. The molecule has 0 spiro atoms. The third kappa shape index (κ3) is 2.67. The molecule has 6 heteroatoms. The third-order valence-corrected chi connectivity index (χ3v) is 1.89. The van der Waals surface area contributed by atoms with Crippen molar-refractivity contribution >= 4 is 46.8 Å². The number of nitrogens with zero attached hydrogens (tertiary/aromatic N) is 1. The van der Waals surface area contributed by atoms with Gasteiger partial charge in [-0.25, -0.2) is 4.79 Å². The zero-order valence-corrected chi connectivity index (χ0v) is 6.87. The van der Waals surface area contributed by atoms with Crippen LogP contribution in [0.4, 0.5) is 0 Å². The summed E-state index contributed by atoms with van der Waals surface area (Å²) in [5.74, 6) is -1.32. The van der Waals surface area contributed by atoms with E-state index in [9.17, 15) is 9.59 Å². The fourth-order valence-electron chi connectivity index (χ4n) is 0.180. The lowest BCUT2D eigenvalue weighted by atomic mass is 10.4. The largest absolute Gasteiger partial charge is 0.294 e. The van der Waals surface area contributed by atoms with Crippen molar-refractivity contribution in [2.75, 3.05) is 5.88 Å². The van der Waals surface area contributed by atoms with Crippen LogP contribution in [-0.4, -0.2) is 22.2 Å². The molecule has 0 heterocycles. The van der Waals surface area contributed by atoms with Crippen molar-refractivity contribution in [2.45, 2.75) is 4.33 Å². The van der Waals surface area contributed by atoms with Crippen LogP contribution in [-0.2, 0) is 9.59 Å². The van der Waals surface area contributed by atoms with Crippen molar-refractivity contribution in [3.05, 3.63) is 0 Å². The highest BCUT2D eigenvalue weighted by molar-refractivity contribution is 6.60. The van der Waals surface area contributed by atoms with Crippen LogP contribution < -0.4 is 0 Å². The predicted octanol–water partition coefficient (Wildman–Crippen LogP) is 1.26. The van der Waals surface area contributed by atoms with Crippen molar-refractivity contribution < 1.29 is 9.59 Å². The molecule has 0 aliphatic rings. The van der Waals surface area contributed by atoms with E-state index in [2.05, 4.69) is 4.99 Å². The molecular weight excluding hydrogens is 200 g/mol. The summed E-state index contributed by atoms with van der Waals surface area (Å²) in [6, 6.07) is 0. The number of isocyanates is 1. The van der Waals surface area contributed by atoms with E-state index >= 15 is 0 Å². The van der Waals surface area contributed by atoms with E-state index in [4.69, 9.17) is 34.8 Å². The average Bonchev–Trinajstić information content (AvgIpc) is 1.89. The van der Waals surface area contributed by atoms with Gasteiger partial charge >= 0.3 is 0 Å². The quantitative estimate of drug-likeness (QED) is 0.384. The van der Waals surface area contributed by atoms with Crippen molar-refractivity contribution in [3.8, 4) is 0 Å². The molecule has 3 nitrogen and oxygen atoms in total. The Morgan fingerprint density at radius 3 is 2.40 bits per heavy atom. The highest BCUT2D eigenvalue weighted by Gasteiger charge is 2.32. The summed E-state index contributed by atoms with van der Waals surface area (Å²) in [6.07, 6.45) is 1.01. The zero-order chi connectivity index (χ0) is 8.20. The molecule has 0 atom stereocenters. The number of carbonyl (C=O) groups excluding carboxylic acids is 2. The Balaban J connectivity index is 4.32. The molecule has 0 saturated heterocycles. The lowest BCUT2D eigenvalue weighted by Gasteiger charge is -2.07. The van der Waals surface area contributed by atoms with Crippen LogP contribution in [0.25, 0.3) is 0 Å². The second-order valence-electron chi connectivity index (χ2n) is 1.35. The monoisotopic (exact) mass is 201 g/mol. The highest BCUT2D eigenvalue weighted by atomic mass is 35.5. The molecule has 0 aliphatic carbocycles. The van der Waals surface area contributed by atoms with Gasteiger partial charge in [-0.15, -0.1) is 16.6 Å². The Morgan fingerprint density at radius 2 is 2.10 bits per heavy atom. The first-order valence-electron chi connectivity index (χ1n) is 2.10. The highest BCUT2D eigenvalue weighted by Crippen LogP contribution is 2.23. The van der Waals surface area contributed by atoms with Crippen molar-refractivity contribution in [1.29, 1.82) is 0 Å². The minimum atomic E-state index is -1.81. The van der Waals surface area contributed by atoms with Crippen LogP contribution >= 0.6 is 34.8 Å². The molecule has 0 aromatic carbocycles. The van der Waals surface area contributed by atoms with Gasteiger partial charge in [0, 0.05) is 0 Å². The number of amides is 1. The van der Waals surface area contributed by atoms with Gasteiger partial charge in [0.1, 0.15) is 0 Å². The van der Waals surface area contributed by atoms with Gasteiger partial charge in [0.25, 0.3) is 5.91 Å². The average molecular weight is 202 g/mol. The molecule has 0 rings (SSSR count). The van der Waals surface area contributed by atoms with Gasteiger partial charge < -0.3 is 0 Å².